The fourth-order valence-corrected chi connectivity index (χ4v) is 2.26. The molecule has 1 unspecified atom stereocenters. The van der Waals surface area contributed by atoms with E-state index >= 15 is 0 Å². The van der Waals surface area contributed by atoms with Crippen LogP contribution in [0, 0.1) is 12.8 Å². The lowest BCUT2D eigenvalue weighted by atomic mass is 10.1. The number of aliphatic carboxylic acids is 1. The lowest BCUT2D eigenvalue weighted by Gasteiger charge is -2.16. The highest BCUT2D eigenvalue weighted by molar-refractivity contribution is 5.92. The molecule has 1 heterocycles. The Kier molecular flexibility index (Phi) is 5.67. The van der Waals surface area contributed by atoms with Crippen molar-refractivity contribution in [1.29, 1.82) is 0 Å². The first-order valence-electron chi connectivity index (χ1n) is 7.81. The van der Waals surface area contributed by atoms with Crippen molar-refractivity contribution in [3.8, 4) is 5.69 Å². The summed E-state index contributed by atoms with van der Waals surface area (Å²) in [4.78, 5) is 35.0. The number of aryl methyl sites for hydroxylation is 1. The summed E-state index contributed by atoms with van der Waals surface area (Å²) in [6.07, 6.45) is -4.66. The number of carbonyl (C=O) groups is 2. The maximum atomic E-state index is 13.3. The van der Waals surface area contributed by atoms with Crippen molar-refractivity contribution in [3.05, 3.63) is 57.5 Å². The van der Waals surface area contributed by atoms with Gasteiger partial charge in [0.25, 0.3) is 5.91 Å². The van der Waals surface area contributed by atoms with Gasteiger partial charge in [-0.05, 0) is 19.1 Å². The molecule has 0 aliphatic rings. The predicted octanol–water partition coefficient (Wildman–Crippen LogP) is 2.01. The van der Waals surface area contributed by atoms with Crippen LogP contribution in [0.25, 0.3) is 5.69 Å². The quantitative estimate of drug-likeness (QED) is 0.823. The first-order valence-corrected chi connectivity index (χ1v) is 7.81. The van der Waals surface area contributed by atoms with E-state index in [0.29, 0.717) is 0 Å². The van der Waals surface area contributed by atoms with E-state index in [9.17, 15) is 27.6 Å². The number of benzene rings is 1. The topological polar surface area (TPSA) is 101 Å². The Labute approximate surface area is 151 Å². The number of halogens is 3. The highest BCUT2D eigenvalue weighted by atomic mass is 19.4. The van der Waals surface area contributed by atoms with E-state index in [-0.39, 0.29) is 17.9 Å². The summed E-state index contributed by atoms with van der Waals surface area (Å²) >= 11 is 0. The summed E-state index contributed by atoms with van der Waals surface area (Å²) in [6.45, 7) is 2.47. The number of aromatic nitrogens is 2. The molecule has 1 aromatic carbocycles. The molecule has 0 saturated carbocycles. The number of nitrogens with one attached hydrogen (secondary N) is 1. The van der Waals surface area contributed by atoms with Crippen molar-refractivity contribution >= 4 is 11.9 Å². The molecule has 0 aliphatic heterocycles. The molecule has 1 aromatic heterocycles. The Hall–Kier alpha value is -3.17. The molecule has 2 aromatic rings. The number of alkyl halides is 3. The van der Waals surface area contributed by atoms with E-state index in [0.717, 1.165) is 16.8 Å². The number of carboxylic acid groups (broad SMARTS) is 1. The van der Waals surface area contributed by atoms with Crippen molar-refractivity contribution in [1.82, 2.24) is 15.1 Å². The highest BCUT2D eigenvalue weighted by Gasteiger charge is 2.34. The van der Waals surface area contributed by atoms with Gasteiger partial charge in [0.1, 0.15) is 0 Å². The second kappa shape index (κ2) is 7.60. The average Bonchev–Trinajstić information content (AvgIpc) is 2.58. The van der Waals surface area contributed by atoms with Crippen molar-refractivity contribution in [2.24, 2.45) is 5.92 Å². The second-order valence-corrected chi connectivity index (χ2v) is 5.87. The van der Waals surface area contributed by atoms with Crippen LogP contribution in [0.15, 0.2) is 35.1 Å². The summed E-state index contributed by atoms with van der Waals surface area (Å²) < 4.78 is 40.6. The number of carbonyl (C=O) groups excluding carboxylic acids is 1. The molecule has 7 nitrogen and oxygen atoms in total. The van der Waals surface area contributed by atoms with Gasteiger partial charge in [0.15, 0.2) is 5.69 Å². The fraction of sp³-hybridized carbons (Fsp3) is 0.294. The second-order valence-electron chi connectivity index (χ2n) is 5.87. The molecular formula is C17H16F3N3O4. The number of hydrogen-bond donors (Lipinski definition) is 2. The van der Waals surface area contributed by atoms with Gasteiger partial charge in [-0.3, -0.25) is 14.4 Å². The first kappa shape index (κ1) is 20.1. The number of hydrogen-bond acceptors (Lipinski definition) is 4. The molecule has 2 N–H and O–H groups in total. The van der Waals surface area contributed by atoms with Crippen molar-refractivity contribution in [2.45, 2.75) is 20.0 Å². The Morgan fingerprint density at radius 1 is 1.30 bits per heavy atom. The summed E-state index contributed by atoms with van der Waals surface area (Å²) in [5.74, 6) is -3.03. The molecule has 10 heteroatoms. The average molecular weight is 383 g/mol. The van der Waals surface area contributed by atoms with Crippen LogP contribution in [0.3, 0.4) is 0 Å². The summed E-state index contributed by atoms with van der Waals surface area (Å²) in [5.41, 5.74) is -2.62. The zero-order valence-corrected chi connectivity index (χ0v) is 14.4. The molecule has 0 saturated heterocycles. The largest absolute Gasteiger partial charge is 0.481 e. The van der Waals surface area contributed by atoms with E-state index in [1.807, 2.05) is 0 Å². The number of amides is 1. The van der Waals surface area contributed by atoms with Crippen LogP contribution in [-0.4, -0.2) is 33.3 Å². The molecule has 1 amide bonds. The zero-order valence-electron chi connectivity index (χ0n) is 14.4. The SMILES string of the molecule is Cc1cc(=O)c(C(=O)NCC(C)C(=O)O)nn1-c1ccccc1C(F)(F)F. The van der Waals surface area contributed by atoms with Gasteiger partial charge in [-0.1, -0.05) is 19.1 Å². The third-order valence-electron chi connectivity index (χ3n) is 3.75. The van der Waals surface area contributed by atoms with E-state index in [2.05, 4.69) is 10.4 Å². The van der Waals surface area contributed by atoms with E-state index in [1.165, 1.54) is 32.0 Å². The molecule has 0 bridgehead atoms. The Morgan fingerprint density at radius 3 is 2.52 bits per heavy atom. The molecule has 0 aliphatic carbocycles. The minimum absolute atomic E-state index is 0.104. The molecule has 0 radical (unpaired) electrons. The van der Waals surface area contributed by atoms with Gasteiger partial charge in [-0.25, -0.2) is 4.68 Å². The predicted molar refractivity (Wildman–Crippen MR) is 88.7 cm³/mol. The van der Waals surface area contributed by atoms with Gasteiger partial charge in [0.2, 0.25) is 5.43 Å². The van der Waals surface area contributed by atoms with Gasteiger partial charge < -0.3 is 10.4 Å². The van der Waals surface area contributed by atoms with Crippen molar-refractivity contribution in [3.63, 3.8) is 0 Å². The van der Waals surface area contributed by atoms with Gasteiger partial charge in [0, 0.05) is 18.3 Å². The van der Waals surface area contributed by atoms with Crippen LogP contribution in [0.1, 0.15) is 28.7 Å². The minimum atomic E-state index is -4.66. The highest BCUT2D eigenvalue weighted by Crippen LogP contribution is 2.33. The Bertz CT molecular complexity index is 938. The first-order chi connectivity index (χ1) is 12.5. The van der Waals surface area contributed by atoms with Crippen LogP contribution in [0.5, 0.6) is 0 Å². The van der Waals surface area contributed by atoms with Crippen molar-refractivity contribution < 1.29 is 27.9 Å². The maximum Gasteiger partial charge on any atom is 0.418 e. The van der Waals surface area contributed by atoms with Crippen molar-refractivity contribution in [2.75, 3.05) is 6.54 Å². The maximum absolute atomic E-state index is 13.3. The molecule has 144 valence electrons. The standard InChI is InChI=1S/C17H16F3N3O4/c1-9(16(26)27)8-21-15(25)14-13(24)7-10(2)23(22-14)12-6-4-3-5-11(12)17(18,19)20/h3-7,9H,8H2,1-2H3,(H,21,25)(H,26,27). The Morgan fingerprint density at radius 2 is 1.93 bits per heavy atom. The molecule has 0 spiro atoms. The van der Waals surface area contributed by atoms with E-state index in [1.54, 1.807) is 0 Å². The lowest BCUT2D eigenvalue weighted by molar-refractivity contribution is -0.141. The monoisotopic (exact) mass is 383 g/mol. The van der Waals surface area contributed by atoms with Crippen LogP contribution in [0.4, 0.5) is 13.2 Å². The zero-order chi connectivity index (χ0) is 20.4. The molecule has 1 atom stereocenters. The van der Waals surface area contributed by atoms with Gasteiger partial charge in [-0.15, -0.1) is 0 Å². The fourth-order valence-electron chi connectivity index (χ4n) is 2.26. The van der Waals surface area contributed by atoms with E-state index in [4.69, 9.17) is 5.11 Å². The van der Waals surface area contributed by atoms with Gasteiger partial charge >= 0.3 is 12.1 Å². The minimum Gasteiger partial charge on any atom is -0.481 e. The Balaban J connectivity index is 2.48. The number of nitrogens with zero attached hydrogens (tertiary/aromatic N) is 2. The van der Waals surface area contributed by atoms with Crippen LogP contribution in [0.2, 0.25) is 0 Å². The van der Waals surface area contributed by atoms with Gasteiger partial charge in [-0.2, -0.15) is 18.3 Å². The molecular weight excluding hydrogens is 367 g/mol. The smallest absolute Gasteiger partial charge is 0.418 e. The van der Waals surface area contributed by atoms with E-state index < -0.39 is 40.7 Å². The third kappa shape index (κ3) is 4.52. The molecule has 2 rings (SSSR count). The normalized spacial score (nSPS) is 12.5. The summed E-state index contributed by atoms with van der Waals surface area (Å²) in [7, 11) is 0. The van der Waals surface area contributed by atoms with Crippen LogP contribution < -0.4 is 10.7 Å². The number of carboxylic acids is 1. The summed E-state index contributed by atoms with van der Waals surface area (Å²) in [5, 5.41) is 14.8. The van der Waals surface area contributed by atoms with Crippen LogP contribution in [-0.2, 0) is 11.0 Å². The molecule has 27 heavy (non-hydrogen) atoms. The lowest BCUT2D eigenvalue weighted by Crippen LogP contribution is -2.36. The number of para-hydroxylation sites is 1. The molecule has 0 fully saturated rings. The van der Waals surface area contributed by atoms with Gasteiger partial charge in [0.05, 0.1) is 17.2 Å². The number of rotatable bonds is 5. The summed E-state index contributed by atoms with van der Waals surface area (Å²) in [6, 6.07) is 5.61. The van der Waals surface area contributed by atoms with Crippen LogP contribution >= 0.6 is 0 Å². The third-order valence-corrected chi connectivity index (χ3v) is 3.75.